The summed E-state index contributed by atoms with van der Waals surface area (Å²) in [6.45, 7) is 0. The highest BCUT2D eigenvalue weighted by Crippen LogP contribution is 1.57. The second-order valence-electron chi connectivity index (χ2n) is 0.408. The number of hydrogen-bond donors (Lipinski definition) is 0. The minimum Gasteiger partial charge on any atom is -1.00 e. The molecule has 0 saturated carbocycles. The van der Waals surface area contributed by atoms with Crippen molar-refractivity contribution in [3.8, 4) is 0 Å². The van der Waals surface area contributed by atoms with E-state index in [1.54, 1.807) is 0 Å². The van der Waals surface area contributed by atoms with Crippen molar-refractivity contribution in [3.63, 3.8) is 0 Å². The molecule has 0 amide bonds. The summed E-state index contributed by atoms with van der Waals surface area (Å²) in [5.74, 6) is 0. The fourth-order valence-corrected chi connectivity index (χ4v) is 0. The highest BCUT2D eigenvalue weighted by molar-refractivity contribution is 7.79. The van der Waals surface area contributed by atoms with E-state index in [-0.39, 0.29) is 17.0 Å². The van der Waals surface area contributed by atoms with Crippen LogP contribution in [0.15, 0.2) is 0 Å². The third-order valence-corrected chi connectivity index (χ3v) is 0. The lowest BCUT2D eigenvalue weighted by Gasteiger charge is -2.06. The van der Waals surface area contributed by atoms with Crippen LogP contribution in [0.4, 0.5) is 0 Å². The van der Waals surface area contributed by atoms with Crippen molar-refractivity contribution in [3.05, 3.63) is 0 Å². The Morgan fingerprint density at radius 2 is 1.17 bits per heavy atom. The molecule has 0 aromatic rings. The van der Waals surface area contributed by atoms with Gasteiger partial charge in [0.25, 0.3) is 0 Å². The van der Waals surface area contributed by atoms with Gasteiger partial charge in [-0.25, -0.2) is 0 Å². The van der Waals surface area contributed by atoms with Gasteiger partial charge in [-0.3, -0.25) is 8.42 Å². The average molecular weight is 176 g/mol. The zero-order valence-electron chi connectivity index (χ0n) is 2.42. The maximum Gasteiger partial charge on any atom is 0.0311 e. The molecule has 0 fully saturated rings. The summed E-state index contributed by atoms with van der Waals surface area (Å²) < 4.78 is 34.1. The van der Waals surface area contributed by atoms with E-state index >= 15 is 0 Å². The Bertz CT molecular complexity index is 90.7. The van der Waals surface area contributed by atoms with Crippen LogP contribution in [0.2, 0.25) is 0 Å². The molecule has 0 radical (unpaired) electrons. The lowest BCUT2D eigenvalue weighted by molar-refractivity contribution is -0.00000836. The second-order valence-corrected chi connectivity index (χ2v) is 1.22. The molecule has 6 heteroatoms. The molecule has 0 bridgehead atoms. The topological polar surface area (TPSA) is 80.3 Å². The first-order chi connectivity index (χ1) is 2.00. The van der Waals surface area contributed by atoms with Crippen molar-refractivity contribution < 1.29 is 34.5 Å². The standard InChI is InChI=1S/BrH.H2O4S/c;1-5(2,3)4/h1H;(H2,1,2,3,4)/p-3. The van der Waals surface area contributed by atoms with E-state index in [9.17, 15) is 0 Å². The number of hydrogen-bond acceptors (Lipinski definition) is 4. The quantitative estimate of drug-likeness (QED) is 0.276. The first-order valence-corrected chi connectivity index (χ1v) is 2.00. The van der Waals surface area contributed by atoms with E-state index in [4.69, 9.17) is 17.5 Å². The molecular formula is BrO4S-3. The lowest BCUT2D eigenvalue weighted by atomic mass is 15.8. The van der Waals surface area contributed by atoms with E-state index in [2.05, 4.69) is 0 Å². The van der Waals surface area contributed by atoms with Gasteiger partial charge < -0.3 is 26.1 Å². The predicted octanol–water partition coefficient (Wildman–Crippen LogP) is -4.33. The Hall–Kier alpha value is 0.350. The lowest BCUT2D eigenvalue weighted by Crippen LogP contribution is -3.00. The summed E-state index contributed by atoms with van der Waals surface area (Å²) in [4.78, 5) is 0. The summed E-state index contributed by atoms with van der Waals surface area (Å²) in [5, 5.41) is 0. The van der Waals surface area contributed by atoms with Crippen LogP contribution >= 0.6 is 0 Å². The highest BCUT2D eigenvalue weighted by atomic mass is 79.9. The molecular weight excluding hydrogens is 176 g/mol. The first kappa shape index (κ1) is 9.61. The zero-order valence-corrected chi connectivity index (χ0v) is 4.82. The van der Waals surface area contributed by atoms with Gasteiger partial charge in [0, 0.05) is 10.4 Å². The fourth-order valence-electron chi connectivity index (χ4n) is 0. The van der Waals surface area contributed by atoms with Crippen LogP contribution < -0.4 is 17.0 Å². The molecule has 0 aliphatic carbocycles. The average Bonchev–Trinajstić information content (AvgIpc) is 0.722. The Morgan fingerprint density at radius 1 is 1.17 bits per heavy atom. The SMILES string of the molecule is O=S(=O)([O-])[O-].[Br-]. The van der Waals surface area contributed by atoms with Crippen LogP contribution in [-0.4, -0.2) is 17.5 Å². The normalized spacial score (nSPS) is 9.67. The van der Waals surface area contributed by atoms with Crippen LogP contribution in [0.1, 0.15) is 0 Å². The molecule has 0 aliphatic heterocycles. The molecule has 0 spiro atoms. The van der Waals surface area contributed by atoms with Gasteiger partial charge in [0.1, 0.15) is 0 Å². The number of rotatable bonds is 0. The van der Waals surface area contributed by atoms with Gasteiger partial charge in [-0.1, -0.05) is 0 Å². The maximum absolute atomic E-state index is 8.52. The van der Waals surface area contributed by atoms with Crippen LogP contribution in [-0.2, 0) is 10.4 Å². The highest BCUT2D eigenvalue weighted by Gasteiger charge is 1.49. The molecule has 0 rings (SSSR count). The molecule has 0 saturated heterocycles. The summed E-state index contributed by atoms with van der Waals surface area (Å²) in [6, 6.07) is 0. The van der Waals surface area contributed by atoms with Gasteiger partial charge in [0.2, 0.25) is 0 Å². The smallest absolute Gasteiger partial charge is 0.0311 e. The Kier molecular flexibility index (Phi) is 4.02. The van der Waals surface area contributed by atoms with Gasteiger partial charge in [-0.15, -0.1) is 0 Å². The monoisotopic (exact) mass is 175 g/mol. The van der Waals surface area contributed by atoms with Crippen LogP contribution in [0.25, 0.3) is 0 Å². The van der Waals surface area contributed by atoms with Crippen molar-refractivity contribution in [2.45, 2.75) is 0 Å². The molecule has 0 N–H and O–H groups in total. The summed E-state index contributed by atoms with van der Waals surface area (Å²) in [5.41, 5.74) is 0. The second kappa shape index (κ2) is 2.51. The van der Waals surface area contributed by atoms with E-state index in [0.29, 0.717) is 0 Å². The third-order valence-electron chi connectivity index (χ3n) is 0. The van der Waals surface area contributed by atoms with Crippen LogP contribution in [0, 0.1) is 0 Å². The molecule has 0 atom stereocenters. The van der Waals surface area contributed by atoms with Crippen LogP contribution in [0.3, 0.4) is 0 Å². The molecule has 0 aliphatic rings. The van der Waals surface area contributed by atoms with E-state index in [1.807, 2.05) is 0 Å². The van der Waals surface area contributed by atoms with Gasteiger partial charge in [0.15, 0.2) is 0 Å². The van der Waals surface area contributed by atoms with Crippen LogP contribution in [0.5, 0.6) is 0 Å². The largest absolute Gasteiger partial charge is 1.00 e. The minimum absolute atomic E-state index is 0. The van der Waals surface area contributed by atoms with Crippen molar-refractivity contribution in [2.75, 3.05) is 0 Å². The molecule has 0 heterocycles. The molecule has 0 aromatic heterocycles. The summed E-state index contributed by atoms with van der Waals surface area (Å²) in [6.07, 6.45) is 0. The van der Waals surface area contributed by atoms with Crippen molar-refractivity contribution in [1.29, 1.82) is 0 Å². The zero-order chi connectivity index (χ0) is 4.50. The third kappa shape index (κ3) is 399. The van der Waals surface area contributed by atoms with E-state index in [1.165, 1.54) is 0 Å². The number of halogens is 1. The molecule has 0 unspecified atom stereocenters. The predicted molar refractivity (Wildman–Crippen MR) is 10.5 cm³/mol. The van der Waals surface area contributed by atoms with Crippen molar-refractivity contribution in [2.24, 2.45) is 0 Å². The minimum atomic E-state index is -5.17. The van der Waals surface area contributed by atoms with E-state index < -0.39 is 10.4 Å². The molecule has 0 aromatic carbocycles. The van der Waals surface area contributed by atoms with Crippen molar-refractivity contribution in [1.82, 2.24) is 0 Å². The van der Waals surface area contributed by atoms with Gasteiger partial charge in [-0.05, 0) is 0 Å². The molecule has 4 nitrogen and oxygen atoms in total. The Labute approximate surface area is 45.5 Å². The Balaban J connectivity index is 0. The van der Waals surface area contributed by atoms with Crippen molar-refractivity contribution >= 4 is 10.4 Å². The fraction of sp³-hybridized carbons (Fsp3) is 0. The Morgan fingerprint density at radius 3 is 1.17 bits per heavy atom. The van der Waals surface area contributed by atoms with E-state index in [0.717, 1.165) is 0 Å². The molecule has 6 heavy (non-hydrogen) atoms. The van der Waals surface area contributed by atoms with Gasteiger partial charge in [-0.2, -0.15) is 0 Å². The summed E-state index contributed by atoms with van der Waals surface area (Å²) >= 11 is 0. The maximum atomic E-state index is 8.52. The van der Waals surface area contributed by atoms with Gasteiger partial charge in [0.05, 0.1) is 0 Å². The molecule has 40 valence electrons. The summed E-state index contributed by atoms with van der Waals surface area (Å²) in [7, 11) is -5.17. The first-order valence-electron chi connectivity index (χ1n) is 0.667. The van der Waals surface area contributed by atoms with Gasteiger partial charge >= 0.3 is 0 Å².